The van der Waals surface area contributed by atoms with Crippen LogP contribution >= 0.6 is 0 Å². The highest BCUT2D eigenvalue weighted by Gasteiger charge is 2.64. The number of aliphatic hydroxyl groups is 1. The Kier molecular flexibility index (Phi) is 15.2. The minimum atomic E-state index is -5.08. The van der Waals surface area contributed by atoms with Gasteiger partial charge in [-0.15, -0.1) is 0 Å². The molecule has 0 spiro atoms. The average molecular weight is 784 g/mol. The zero-order valence-electron chi connectivity index (χ0n) is 28.1. The number of nitrogens with zero attached hydrogens (tertiary/aromatic N) is 2. The van der Waals surface area contributed by atoms with Crippen LogP contribution in [0.1, 0.15) is 62.5 Å². The van der Waals surface area contributed by atoms with Gasteiger partial charge in [0.25, 0.3) is 0 Å². The molecule has 10 N–H and O–H groups in total. The lowest BCUT2D eigenvalue weighted by molar-refractivity contribution is -0.193. The van der Waals surface area contributed by atoms with Crippen molar-refractivity contribution in [3.63, 3.8) is 0 Å². The molecule has 4 atom stereocenters. The number of likely N-dealkylation sites (tertiary alicyclic amines) is 1. The van der Waals surface area contributed by atoms with Gasteiger partial charge in [0.05, 0.1) is 5.60 Å². The average Bonchev–Trinajstić information content (AvgIpc) is 3.84. The SMILES string of the molecule is NC(N)=NCCCCN[C@@H]1CC[C@@]2(O)[C@H]3Cc4ccc(O)cc4[C@@]2(CCN3CC2CC2)C1.O=C(O)C(F)(F)F.O=C(O)C(F)(F)F.O=C(O)C(F)(F)F. The molecule has 13 nitrogen and oxygen atoms in total. The summed E-state index contributed by atoms with van der Waals surface area (Å²) in [5.74, 6) is -6.98. The molecule has 2 bridgehead atoms. The second kappa shape index (κ2) is 17.9. The van der Waals surface area contributed by atoms with Crippen molar-refractivity contribution in [3.8, 4) is 5.75 Å². The highest BCUT2D eigenvalue weighted by molar-refractivity contribution is 5.75. The number of carbonyl (C=O) groups is 3. The topological polar surface area (TPSA) is 232 Å². The maximum Gasteiger partial charge on any atom is 0.490 e. The summed E-state index contributed by atoms with van der Waals surface area (Å²) in [4.78, 5) is 33.3. The van der Waals surface area contributed by atoms with Crippen LogP contribution in [-0.4, -0.2) is 117 Å². The molecule has 1 aliphatic heterocycles. The molecule has 3 fully saturated rings. The predicted molar refractivity (Wildman–Crippen MR) is 168 cm³/mol. The fourth-order valence-corrected chi connectivity index (χ4v) is 6.88. The Morgan fingerprint density at radius 1 is 0.868 bits per heavy atom. The summed E-state index contributed by atoms with van der Waals surface area (Å²) in [5.41, 5.74) is 12.3. The van der Waals surface area contributed by atoms with E-state index >= 15 is 0 Å². The van der Waals surface area contributed by atoms with Gasteiger partial charge in [-0.05, 0) is 100 Å². The van der Waals surface area contributed by atoms with E-state index in [1.54, 1.807) is 0 Å². The fraction of sp³-hybridized carbons (Fsp3) is 0.677. The van der Waals surface area contributed by atoms with Crippen molar-refractivity contribution in [2.45, 2.75) is 99.4 Å². The number of carboxylic acids is 3. The third kappa shape index (κ3) is 12.8. The molecule has 53 heavy (non-hydrogen) atoms. The number of nitrogens with two attached hydrogens (primary N) is 2. The second-order valence-electron chi connectivity index (χ2n) is 13.1. The molecule has 2 saturated carbocycles. The first-order chi connectivity index (χ1) is 24.2. The van der Waals surface area contributed by atoms with Crippen LogP contribution in [0.15, 0.2) is 23.2 Å². The second-order valence-corrected chi connectivity index (χ2v) is 13.1. The van der Waals surface area contributed by atoms with Gasteiger partial charge < -0.3 is 42.3 Å². The fourth-order valence-electron chi connectivity index (χ4n) is 6.88. The van der Waals surface area contributed by atoms with E-state index in [1.165, 1.54) is 24.0 Å². The monoisotopic (exact) mass is 783 g/mol. The number of aliphatic carboxylic acids is 3. The van der Waals surface area contributed by atoms with Gasteiger partial charge in [0.1, 0.15) is 5.75 Å². The Hall–Kier alpha value is -4.05. The normalized spacial score (nSPS) is 24.9. The molecule has 22 heteroatoms. The number of hydrogen-bond donors (Lipinski definition) is 8. The number of piperidine rings is 1. The number of phenols is 1. The Morgan fingerprint density at radius 3 is 1.87 bits per heavy atom. The molecule has 0 unspecified atom stereocenters. The summed E-state index contributed by atoms with van der Waals surface area (Å²) in [6, 6.07) is 6.43. The van der Waals surface area contributed by atoms with E-state index in [9.17, 15) is 49.7 Å². The van der Waals surface area contributed by atoms with E-state index in [0.29, 0.717) is 18.3 Å². The summed E-state index contributed by atoms with van der Waals surface area (Å²) in [5, 5.41) is 47.8. The Bertz CT molecular complexity index is 1390. The minimum Gasteiger partial charge on any atom is -0.508 e. The van der Waals surface area contributed by atoms with E-state index in [2.05, 4.69) is 21.3 Å². The van der Waals surface area contributed by atoms with Gasteiger partial charge in [-0.1, -0.05) is 6.07 Å². The van der Waals surface area contributed by atoms with Crippen LogP contribution < -0.4 is 16.8 Å². The van der Waals surface area contributed by atoms with Gasteiger partial charge in [0.2, 0.25) is 0 Å². The summed E-state index contributed by atoms with van der Waals surface area (Å²) in [6.45, 7) is 3.78. The Balaban J connectivity index is 0.000000379. The van der Waals surface area contributed by atoms with Crippen LogP contribution in [0.2, 0.25) is 0 Å². The van der Waals surface area contributed by atoms with Crippen LogP contribution in [0.3, 0.4) is 0 Å². The highest BCUT2D eigenvalue weighted by atomic mass is 19.4. The number of phenolic OH excluding ortho intramolecular Hbond substituents is 1. The number of hydrogen-bond acceptors (Lipinski definition) is 8. The van der Waals surface area contributed by atoms with Gasteiger partial charge in [0.15, 0.2) is 5.96 Å². The number of aromatic hydroxyl groups is 1. The van der Waals surface area contributed by atoms with Crippen molar-refractivity contribution in [2.24, 2.45) is 22.4 Å². The van der Waals surface area contributed by atoms with Crippen molar-refractivity contribution >= 4 is 23.9 Å². The number of fused-ring (bicyclic) bond motifs is 1. The maximum absolute atomic E-state index is 12.3. The van der Waals surface area contributed by atoms with E-state index in [0.717, 1.165) is 70.5 Å². The predicted octanol–water partition coefficient (Wildman–Crippen LogP) is 3.50. The molecule has 0 amide bonds. The van der Waals surface area contributed by atoms with E-state index < -0.39 is 42.0 Å². The van der Waals surface area contributed by atoms with Crippen molar-refractivity contribution in [1.82, 2.24) is 10.2 Å². The van der Waals surface area contributed by atoms with Crippen molar-refractivity contribution < 1.29 is 79.4 Å². The molecule has 302 valence electrons. The highest BCUT2D eigenvalue weighted by Crippen LogP contribution is 2.58. The van der Waals surface area contributed by atoms with E-state index in [1.807, 2.05) is 12.1 Å². The Labute approximate surface area is 296 Å². The number of carboxylic acid groups (broad SMARTS) is 3. The number of aliphatic imine (C=N–C) groups is 1. The standard InChI is InChI=1S/C25H39N5O2.3C2HF3O2/c26-23(27)29-11-2-1-10-28-19-7-8-25(32)22-13-18-5-6-20(31)14-21(18)24(25,15-19)9-12-30(22)16-17-3-4-17;3*3-2(4,5)1(6)7/h5-6,14,17,19,22,28,31-32H,1-4,7-13,15-16H2,(H4,26,27,29);3*(H,6,7)/t19-,22-,24-,25-;;;/m1.../s1. The van der Waals surface area contributed by atoms with Crippen LogP contribution in [0.5, 0.6) is 5.75 Å². The number of nitrogens with one attached hydrogen (secondary N) is 1. The lowest BCUT2D eigenvalue weighted by Crippen LogP contribution is -2.74. The van der Waals surface area contributed by atoms with Crippen LogP contribution in [0, 0.1) is 5.92 Å². The quantitative estimate of drug-likeness (QED) is 0.0820. The smallest absolute Gasteiger partial charge is 0.490 e. The zero-order chi connectivity index (χ0) is 40.6. The number of guanidine groups is 1. The van der Waals surface area contributed by atoms with Crippen molar-refractivity contribution in [3.05, 3.63) is 29.3 Å². The first-order valence-electron chi connectivity index (χ1n) is 16.2. The van der Waals surface area contributed by atoms with E-state index in [-0.39, 0.29) is 17.4 Å². The van der Waals surface area contributed by atoms with Gasteiger partial charge in [-0.2, -0.15) is 39.5 Å². The first-order valence-corrected chi connectivity index (χ1v) is 16.2. The zero-order valence-corrected chi connectivity index (χ0v) is 28.1. The number of halogens is 9. The van der Waals surface area contributed by atoms with Crippen molar-refractivity contribution in [1.29, 1.82) is 0 Å². The van der Waals surface area contributed by atoms with E-state index in [4.69, 9.17) is 41.2 Å². The van der Waals surface area contributed by atoms with Gasteiger partial charge >= 0.3 is 36.4 Å². The summed E-state index contributed by atoms with van der Waals surface area (Å²) < 4.78 is 95.2. The molecule has 1 saturated heterocycles. The lowest BCUT2D eigenvalue weighted by atomic mass is 9.49. The molecule has 0 radical (unpaired) electrons. The number of unbranched alkanes of at least 4 members (excludes halogenated alkanes) is 1. The molecule has 1 heterocycles. The third-order valence-electron chi connectivity index (χ3n) is 9.37. The Morgan fingerprint density at radius 2 is 1.40 bits per heavy atom. The molecule has 1 aromatic rings. The molecular weight excluding hydrogens is 741 g/mol. The van der Waals surface area contributed by atoms with Crippen LogP contribution in [-0.2, 0) is 26.2 Å². The van der Waals surface area contributed by atoms with Gasteiger partial charge in [0, 0.05) is 30.6 Å². The third-order valence-corrected chi connectivity index (χ3v) is 9.37. The van der Waals surface area contributed by atoms with Gasteiger partial charge in [-0.3, -0.25) is 9.89 Å². The summed E-state index contributed by atoms with van der Waals surface area (Å²) >= 11 is 0. The summed E-state index contributed by atoms with van der Waals surface area (Å²) in [6.07, 6.45) is -5.98. The summed E-state index contributed by atoms with van der Waals surface area (Å²) in [7, 11) is 0. The van der Waals surface area contributed by atoms with Gasteiger partial charge in [-0.25, -0.2) is 14.4 Å². The van der Waals surface area contributed by atoms with Crippen LogP contribution in [0.25, 0.3) is 0 Å². The largest absolute Gasteiger partial charge is 0.508 e. The maximum atomic E-state index is 12.3. The molecule has 0 aromatic heterocycles. The molecular formula is C31H42F9N5O8. The van der Waals surface area contributed by atoms with Crippen molar-refractivity contribution in [2.75, 3.05) is 26.2 Å². The lowest BCUT2D eigenvalue weighted by Gasteiger charge is -2.65. The molecule has 5 rings (SSSR count). The minimum absolute atomic E-state index is 0.158. The molecule has 4 aliphatic rings. The number of benzene rings is 1. The molecule has 1 aromatic carbocycles. The number of rotatable bonds is 8. The molecule has 3 aliphatic carbocycles. The van der Waals surface area contributed by atoms with Crippen LogP contribution in [0.4, 0.5) is 39.5 Å². The first kappa shape index (κ1) is 45.1. The number of alkyl halides is 9.